The quantitative estimate of drug-likeness (QED) is 0.834. The topological polar surface area (TPSA) is 32.3 Å². The minimum Gasteiger partial charge on any atom is -0.352 e. The molecule has 1 N–H and O–H groups in total. The van der Waals surface area contributed by atoms with Crippen molar-refractivity contribution in [1.82, 2.24) is 10.2 Å². The van der Waals surface area contributed by atoms with E-state index >= 15 is 0 Å². The zero-order valence-corrected chi connectivity index (χ0v) is 12.0. The van der Waals surface area contributed by atoms with Gasteiger partial charge in [0.05, 0.1) is 0 Å². The zero-order valence-electron chi connectivity index (χ0n) is 12.0. The first-order valence-electron chi connectivity index (χ1n) is 7.70. The SMILES string of the molecule is CCCC1CC(NC(C)=O)CN(C2CCCC2)C1. The van der Waals surface area contributed by atoms with E-state index in [1.54, 1.807) is 6.92 Å². The Balaban J connectivity index is 1.94. The van der Waals surface area contributed by atoms with Gasteiger partial charge in [0.25, 0.3) is 0 Å². The fourth-order valence-corrected chi connectivity index (χ4v) is 3.82. The maximum atomic E-state index is 11.3. The van der Waals surface area contributed by atoms with Gasteiger partial charge in [-0.2, -0.15) is 0 Å². The van der Waals surface area contributed by atoms with Crippen LogP contribution >= 0.6 is 0 Å². The lowest BCUT2D eigenvalue weighted by Gasteiger charge is -2.41. The fraction of sp³-hybridized carbons (Fsp3) is 0.933. The summed E-state index contributed by atoms with van der Waals surface area (Å²) < 4.78 is 0. The van der Waals surface area contributed by atoms with Crippen LogP contribution in [-0.2, 0) is 4.79 Å². The first kappa shape index (κ1) is 13.9. The van der Waals surface area contributed by atoms with E-state index in [4.69, 9.17) is 0 Å². The predicted octanol–water partition coefficient (Wildman–Crippen LogP) is 2.56. The molecule has 0 radical (unpaired) electrons. The second-order valence-electron chi connectivity index (χ2n) is 6.18. The first-order chi connectivity index (χ1) is 8.69. The summed E-state index contributed by atoms with van der Waals surface area (Å²) in [6, 6.07) is 1.18. The largest absolute Gasteiger partial charge is 0.352 e. The van der Waals surface area contributed by atoms with Crippen molar-refractivity contribution in [3.05, 3.63) is 0 Å². The summed E-state index contributed by atoms with van der Waals surface area (Å²) in [5.41, 5.74) is 0. The second kappa shape index (κ2) is 6.55. The summed E-state index contributed by atoms with van der Waals surface area (Å²) in [4.78, 5) is 13.9. The number of likely N-dealkylation sites (tertiary alicyclic amines) is 1. The number of nitrogens with zero attached hydrogens (tertiary/aromatic N) is 1. The molecule has 0 aromatic carbocycles. The van der Waals surface area contributed by atoms with Gasteiger partial charge < -0.3 is 5.32 Å². The molecule has 3 heteroatoms. The second-order valence-corrected chi connectivity index (χ2v) is 6.18. The third-order valence-corrected chi connectivity index (χ3v) is 4.51. The Morgan fingerprint density at radius 2 is 2.00 bits per heavy atom. The zero-order chi connectivity index (χ0) is 13.0. The summed E-state index contributed by atoms with van der Waals surface area (Å²) in [7, 11) is 0. The summed E-state index contributed by atoms with van der Waals surface area (Å²) >= 11 is 0. The lowest BCUT2D eigenvalue weighted by atomic mass is 9.89. The number of carbonyl (C=O) groups excluding carboxylic acids is 1. The molecular weight excluding hydrogens is 224 g/mol. The van der Waals surface area contributed by atoms with Gasteiger partial charge >= 0.3 is 0 Å². The number of rotatable bonds is 4. The predicted molar refractivity (Wildman–Crippen MR) is 74.4 cm³/mol. The van der Waals surface area contributed by atoms with Crippen LogP contribution in [0.2, 0.25) is 0 Å². The maximum Gasteiger partial charge on any atom is 0.217 e. The van der Waals surface area contributed by atoms with E-state index in [0.29, 0.717) is 6.04 Å². The molecule has 1 saturated heterocycles. The molecule has 0 spiro atoms. The molecule has 1 saturated carbocycles. The molecule has 0 aromatic heterocycles. The number of nitrogens with one attached hydrogen (secondary N) is 1. The number of hydrogen-bond acceptors (Lipinski definition) is 2. The minimum atomic E-state index is 0.128. The standard InChI is InChI=1S/C15H28N2O/c1-3-6-13-9-14(16-12(2)18)11-17(10-13)15-7-4-5-8-15/h13-15H,3-11H2,1-2H3,(H,16,18). The molecule has 1 heterocycles. The van der Waals surface area contributed by atoms with Gasteiger partial charge in [-0.05, 0) is 31.6 Å². The highest BCUT2D eigenvalue weighted by atomic mass is 16.1. The Bertz CT molecular complexity index is 274. The molecule has 2 fully saturated rings. The molecular formula is C15H28N2O. The van der Waals surface area contributed by atoms with Crippen molar-refractivity contribution >= 4 is 5.91 Å². The average Bonchev–Trinajstić information content (AvgIpc) is 2.81. The molecule has 0 aromatic rings. The van der Waals surface area contributed by atoms with E-state index in [2.05, 4.69) is 17.1 Å². The van der Waals surface area contributed by atoms with E-state index in [-0.39, 0.29) is 5.91 Å². The highest BCUT2D eigenvalue weighted by molar-refractivity contribution is 5.73. The van der Waals surface area contributed by atoms with Crippen LogP contribution in [0.15, 0.2) is 0 Å². The molecule has 104 valence electrons. The Morgan fingerprint density at radius 3 is 2.61 bits per heavy atom. The maximum absolute atomic E-state index is 11.3. The van der Waals surface area contributed by atoms with Crippen LogP contribution < -0.4 is 5.32 Å². The molecule has 2 rings (SSSR count). The van der Waals surface area contributed by atoms with E-state index < -0.39 is 0 Å². The van der Waals surface area contributed by atoms with Crippen molar-refractivity contribution in [3.63, 3.8) is 0 Å². The lowest BCUT2D eigenvalue weighted by Crippen LogP contribution is -2.53. The van der Waals surface area contributed by atoms with Crippen molar-refractivity contribution in [3.8, 4) is 0 Å². The highest BCUT2D eigenvalue weighted by Crippen LogP contribution is 2.29. The summed E-state index contributed by atoms with van der Waals surface area (Å²) in [6.45, 7) is 6.24. The van der Waals surface area contributed by atoms with E-state index in [1.165, 1.54) is 51.5 Å². The van der Waals surface area contributed by atoms with Crippen LogP contribution in [0.1, 0.15) is 58.8 Å². The average molecular weight is 252 g/mol. The number of piperidine rings is 1. The van der Waals surface area contributed by atoms with Gasteiger partial charge in [-0.25, -0.2) is 0 Å². The van der Waals surface area contributed by atoms with Crippen LogP contribution in [-0.4, -0.2) is 36.0 Å². The van der Waals surface area contributed by atoms with Crippen LogP contribution in [0.25, 0.3) is 0 Å². The van der Waals surface area contributed by atoms with E-state index in [0.717, 1.165) is 18.5 Å². The molecule has 2 unspecified atom stereocenters. The van der Waals surface area contributed by atoms with Gasteiger partial charge in [0.2, 0.25) is 5.91 Å². The van der Waals surface area contributed by atoms with Gasteiger partial charge in [0.15, 0.2) is 0 Å². The number of hydrogen-bond donors (Lipinski definition) is 1. The minimum absolute atomic E-state index is 0.128. The summed E-state index contributed by atoms with van der Waals surface area (Å²) in [5, 5.41) is 3.14. The van der Waals surface area contributed by atoms with Gasteiger partial charge in [-0.15, -0.1) is 0 Å². The van der Waals surface area contributed by atoms with Gasteiger partial charge in [-0.1, -0.05) is 26.2 Å². The Kier molecular flexibility index (Phi) is 5.04. The molecule has 1 aliphatic carbocycles. The fourth-order valence-electron chi connectivity index (χ4n) is 3.82. The molecule has 1 aliphatic heterocycles. The normalized spacial score (nSPS) is 30.6. The van der Waals surface area contributed by atoms with Crippen molar-refractivity contribution in [1.29, 1.82) is 0 Å². The van der Waals surface area contributed by atoms with E-state index in [1.807, 2.05) is 0 Å². The van der Waals surface area contributed by atoms with Gasteiger partial charge in [0, 0.05) is 32.1 Å². The van der Waals surface area contributed by atoms with Crippen molar-refractivity contribution < 1.29 is 4.79 Å². The monoisotopic (exact) mass is 252 g/mol. The summed E-state index contributed by atoms with van der Waals surface area (Å²) in [6.07, 6.45) is 9.26. The third kappa shape index (κ3) is 3.71. The molecule has 18 heavy (non-hydrogen) atoms. The lowest BCUT2D eigenvalue weighted by molar-refractivity contribution is -0.120. The Labute approximate surface area is 111 Å². The van der Waals surface area contributed by atoms with Gasteiger partial charge in [-0.3, -0.25) is 9.69 Å². The smallest absolute Gasteiger partial charge is 0.217 e. The van der Waals surface area contributed by atoms with Crippen molar-refractivity contribution in [2.75, 3.05) is 13.1 Å². The van der Waals surface area contributed by atoms with Crippen molar-refractivity contribution in [2.45, 2.75) is 70.9 Å². The first-order valence-corrected chi connectivity index (χ1v) is 7.70. The highest BCUT2D eigenvalue weighted by Gasteiger charge is 2.32. The number of carbonyl (C=O) groups is 1. The van der Waals surface area contributed by atoms with Crippen LogP contribution in [0, 0.1) is 5.92 Å². The molecule has 2 atom stereocenters. The third-order valence-electron chi connectivity index (χ3n) is 4.51. The van der Waals surface area contributed by atoms with Gasteiger partial charge in [0.1, 0.15) is 0 Å². The number of amides is 1. The van der Waals surface area contributed by atoms with Crippen LogP contribution in [0.5, 0.6) is 0 Å². The summed E-state index contributed by atoms with van der Waals surface area (Å²) in [5.74, 6) is 0.907. The van der Waals surface area contributed by atoms with Crippen LogP contribution in [0.3, 0.4) is 0 Å². The molecule has 2 aliphatic rings. The van der Waals surface area contributed by atoms with E-state index in [9.17, 15) is 4.79 Å². The molecule has 1 amide bonds. The Hall–Kier alpha value is -0.570. The van der Waals surface area contributed by atoms with Crippen LogP contribution in [0.4, 0.5) is 0 Å². The Morgan fingerprint density at radius 1 is 1.28 bits per heavy atom. The molecule has 0 bridgehead atoms. The van der Waals surface area contributed by atoms with Crippen molar-refractivity contribution in [2.24, 2.45) is 5.92 Å². The molecule has 3 nitrogen and oxygen atoms in total.